The van der Waals surface area contributed by atoms with E-state index >= 15 is 0 Å². The quantitative estimate of drug-likeness (QED) is 0.732. The number of quaternary nitrogens is 1. The largest absolute Gasteiger partial charge is 0.337 e. The van der Waals surface area contributed by atoms with Crippen LogP contribution in [-0.2, 0) is 16.1 Å². The van der Waals surface area contributed by atoms with Crippen LogP contribution in [0.15, 0.2) is 42.5 Å². The van der Waals surface area contributed by atoms with Crippen molar-refractivity contribution in [2.45, 2.75) is 6.54 Å². The van der Waals surface area contributed by atoms with Crippen LogP contribution in [0.2, 0.25) is 10.0 Å². The molecule has 1 unspecified atom stereocenters. The highest BCUT2D eigenvalue weighted by Crippen LogP contribution is 2.29. The van der Waals surface area contributed by atoms with Crippen LogP contribution in [0.25, 0.3) is 0 Å². The van der Waals surface area contributed by atoms with E-state index in [0.29, 0.717) is 32.7 Å². The predicted octanol–water partition coefficient (Wildman–Crippen LogP) is 2.24. The molecule has 5 nitrogen and oxygen atoms in total. The summed E-state index contributed by atoms with van der Waals surface area (Å²) in [6.07, 6.45) is 0. The van der Waals surface area contributed by atoms with E-state index in [4.69, 9.17) is 23.2 Å². The third-order valence-electron chi connectivity index (χ3n) is 3.88. The number of likely N-dealkylation sites (N-methyl/N-ethyl adjacent to an activating group) is 2. The molecule has 1 atom stereocenters. The van der Waals surface area contributed by atoms with Crippen LogP contribution in [-0.4, -0.2) is 43.9 Å². The van der Waals surface area contributed by atoms with Crippen molar-refractivity contribution in [3.8, 4) is 0 Å². The fourth-order valence-electron chi connectivity index (χ4n) is 2.53. The van der Waals surface area contributed by atoms with Crippen LogP contribution in [0.3, 0.4) is 0 Å². The Morgan fingerprint density at radius 3 is 2.37 bits per heavy atom. The van der Waals surface area contributed by atoms with Crippen LogP contribution in [0.4, 0.5) is 10.1 Å². The first-order valence-corrected chi connectivity index (χ1v) is 9.05. The topological polar surface area (TPSA) is 53.9 Å². The highest BCUT2D eigenvalue weighted by Gasteiger charge is 2.19. The van der Waals surface area contributed by atoms with Crippen molar-refractivity contribution in [2.24, 2.45) is 0 Å². The predicted molar refractivity (Wildman–Crippen MR) is 105 cm³/mol. The monoisotopic (exact) mass is 412 g/mol. The second kappa shape index (κ2) is 9.69. The summed E-state index contributed by atoms with van der Waals surface area (Å²) in [4.78, 5) is 26.7. The van der Waals surface area contributed by atoms with Crippen molar-refractivity contribution in [3.05, 3.63) is 63.9 Å². The minimum absolute atomic E-state index is 0.0705. The van der Waals surface area contributed by atoms with Crippen molar-refractivity contribution in [1.82, 2.24) is 4.90 Å². The van der Waals surface area contributed by atoms with E-state index in [0.717, 1.165) is 0 Å². The fourth-order valence-corrected chi connectivity index (χ4v) is 3.02. The number of hydrogen-bond donors (Lipinski definition) is 2. The minimum Gasteiger partial charge on any atom is -0.337 e. The van der Waals surface area contributed by atoms with Gasteiger partial charge in [0.05, 0.1) is 22.8 Å². The van der Waals surface area contributed by atoms with Crippen LogP contribution < -0.4 is 10.2 Å². The lowest BCUT2D eigenvalue weighted by Gasteiger charge is -2.20. The van der Waals surface area contributed by atoms with Gasteiger partial charge in [-0.1, -0.05) is 41.4 Å². The molecule has 0 saturated carbocycles. The minimum atomic E-state index is -0.342. The molecule has 0 aliphatic heterocycles. The number of hydrogen-bond acceptors (Lipinski definition) is 2. The zero-order valence-electron chi connectivity index (χ0n) is 15.1. The Labute approximate surface area is 167 Å². The molecule has 2 aromatic carbocycles. The number of carbonyl (C=O) groups is 2. The number of para-hydroxylation sites is 1. The van der Waals surface area contributed by atoms with E-state index in [-0.39, 0.29) is 30.7 Å². The molecule has 144 valence electrons. The standard InChI is InChI=1S/C19H20Cl2FN3O2/c1-24(11-17(26)23-19-15(20)7-4-8-16(19)21)12-18(27)25(2)10-13-5-3-6-14(22)9-13/h3-9H,10-12H2,1-2H3,(H,23,26)/p+1. The lowest BCUT2D eigenvalue weighted by molar-refractivity contribution is -0.862. The molecule has 0 aliphatic rings. The van der Waals surface area contributed by atoms with E-state index < -0.39 is 0 Å². The summed E-state index contributed by atoms with van der Waals surface area (Å²) in [5.74, 6) is -0.797. The molecular weight excluding hydrogens is 392 g/mol. The zero-order valence-corrected chi connectivity index (χ0v) is 16.6. The molecule has 0 spiro atoms. The van der Waals surface area contributed by atoms with E-state index in [2.05, 4.69) is 5.32 Å². The second-order valence-corrected chi connectivity index (χ2v) is 7.15. The number of carbonyl (C=O) groups excluding carboxylic acids is 2. The molecule has 0 aliphatic carbocycles. The van der Waals surface area contributed by atoms with E-state index in [9.17, 15) is 14.0 Å². The van der Waals surface area contributed by atoms with Gasteiger partial charge in [0.15, 0.2) is 13.1 Å². The molecule has 27 heavy (non-hydrogen) atoms. The average molecular weight is 413 g/mol. The summed E-state index contributed by atoms with van der Waals surface area (Å²) >= 11 is 12.1. The van der Waals surface area contributed by atoms with Crippen LogP contribution in [0.1, 0.15) is 5.56 Å². The summed E-state index contributed by atoms with van der Waals surface area (Å²) in [6, 6.07) is 11.0. The summed E-state index contributed by atoms with van der Waals surface area (Å²) in [7, 11) is 3.38. The fraction of sp³-hybridized carbons (Fsp3) is 0.263. The maximum absolute atomic E-state index is 13.2. The van der Waals surface area contributed by atoms with Gasteiger partial charge in [0, 0.05) is 13.6 Å². The summed E-state index contributed by atoms with van der Waals surface area (Å²) in [5, 5.41) is 3.36. The van der Waals surface area contributed by atoms with Gasteiger partial charge in [0.1, 0.15) is 5.82 Å². The molecule has 0 aromatic heterocycles. The summed E-state index contributed by atoms with van der Waals surface area (Å²) < 4.78 is 13.2. The maximum Gasteiger partial charge on any atom is 0.279 e. The third kappa shape index (κ3) is 6.50. The molecule has 2 amide bonds. The number of benzene rings is 2. The lowest BCUT2D eigenvalue weighted by atomic mass is 10.2. The molecule has 0 fully saturated rings. The van der Waals surface area contributed by atoms with E-state index in [1.54, 1.807) is 44.4 Å². The van der Waals surface area contributed by atoms with Gasteiger partial charge < -0.3 is 15.1 Å². The number of nitrogens with zero attached hydrogens (tertiary/aromatic N) is 1. The maximum atomic E-state index is 13.2. The van der Waals surface area contributed by atoms with Crippen molar-refractivity contribution >= 4 is 40.7 Å². The van der Waals surface area contributed by atoms with Crippen molar-refractivity contribution in [3.63, 3.8) is 0 Å². The first-order chi connectivity index (χ1) is 12.8. The Morgan fingerprint density at radius 2 is 1.74 bits per heavy atom. The highest BCUT2D eigenvalue weighted by molar-refractivity contribution is 6.39. The first kappa shape index (κ1) is 21.2. The van der Waals surface area contributed by atoms with Gasteiger partial charge in [0.25, 0.3) is 11.8 Å². The van der Waals surface area contributed by atoms with Gasteiger partial charge in [-0.05, 0) is 29.8 Å². The SMILES string of the molecule is CN(Cc1cccc(F)c1)C(=O)C[NH+](C)CC(=O)Nc1c(Cl)cccc1Cl. The van der Waals surface area contributed by atoms with Crippen LogP contribution >= 0.6 is 23.2 Å². The van der Waals surface area contributed by atoms with Gasteiger partial charge in [-0.2, -0.15) is 0 Å². The molecule has 2 N–H and O–H groups in total. The number of anilines is 1. The molecule has 8 heteroatoms. The third-order valence-corrected chi connectivity index (χ3v) is 4.51. The van der Waals surface area contributed by atoms with E-state index in [1.165, 1.54) is 17.0 Å². The van der Waals surface area contributed by atoms with Crippen LogP contribution in [0, 0.1) is 5.82 Å². The Balaban J connectivity index is 1.86. The summed E-state index contributed by atoms with van der Waals surface area (Å²) in [6.45, 7) is 0.488. The smallest absolute Gasteiger partial charge is 0.279 e. The highest BCUT2D eigenvalue weighted by atomic mass is 35.5. The van der Waals surface area contributed by atoms with Gasteiger partial charge in [0.2, 0.25) is 0 Å². The van der Waals surface area contributed by atoms with Gasteiger partial charge in [-0.25, -0.2) is 4.39 Å². The molecule has 0 radical (unpaired) electrons. The molecule has 2 aromatic rings. The summed E-state index contributed by atoms with van der Waals surface area (Å²) in [5.41, 5.74) is 1.06. The molecule has 2 rings (SSSR count). The molecular formula is C19H21Cl2FN3O2+. The molecule has 0 saturated heterocycles. The molecule has 0 bridgehead atoms. The number of rotatable bonds is 7. The number of halogens is 3. The Hall–Kier alpha value is -2.15. The Morgan fingerprint density at radius 1 is 1.11 bits per heavy atom. The van der Waals surface area contributed by atoms with Crippen molar-refractivity contribution < 1.29 is 18.9 Å². The van der Waals surface area contributed by atoms with E-state index in [1.807, 2.05) is 0 Å². The molecule has 0 heterocycles. The first-order valence-electron chi connectivity index (χ1n) is 8.30. The van der Waals surface area contributed by atoms with Gasteiger partial charge in [-0.3, -0.25) is 9.59 Å². The Bertz CT molecular complexity index is 812. The van der Waals surface area contributed by atoms with Crippen molar-refractivity contribution in [2.75, 3.05) is 32.5 Å². The van der Waals surface area contributed by atoms with Crippen molar-refractivity contribution in [1.29, 1.82) is 0 Å². The number of nitrogens with one attached hydrogen (secondary N) is 2. The normalized spacial score (nSPS) is 11.7. The Kier molecular flexibility index (Phi) is 7.59. The average Bonchev–Trinajstić information content (AvgIpc) is 2.58. The van der Waals surface area contributed by atoms with Gasteiger partial charge >= 0.3 is 0 Å². The number of amides is 2. The van der Waals surface area contributed by atoms with Gasteiger partial charge in [-0.15, -0.1) is 0 Å². The lowest BCUT2D eigenvalue weighted by Crippen LogP contribution is -3.11. The second-order valence-electron chi connectivity index (χ2n) is 6.34. The van der Waals surface area contributed by atoms with Crippen LogP contribution in [0.5, 0.6) is 0 Å². The zero-order chi connectivity index (χ0) is 20.0.